The Morgan fingerprint density at radius 1 is 1.12 bits per heavy atom. The Hall–Kier alpha value is -3.65. The summed E-state index contributed by atoms with van der Waals surface area (Å²) in [6.45, 7) is 4.91. The Morgan fingerprint density at radius 3 is 2.53 bits per heavy atom. The van der Waals surface area contributed by atoms with Crippen LogP contribution in [0.2, 0.25) is 0 Å². The van der Waals surface area contributed by atoms with E-state index in [0.29, 0.717) is 36.3 Å². The average Bonchev–Trinajstić information content (AvgIpc) is 3.18. The highest BCUT2D eigenvalue weighted by Gasteiger charge is 2.50. The summed E-state index contributed by atoms with van der Waals surface area (Å²) in [6.07, 6.45) is 0.0111. The molecule has 0 fully saturated rings. The number of anilines is 1. The molecule has 8 heteroatoms. The summed E-state index contributed by atoms with van der Waals surface area (Å²) in [6, 6.07) is 16.0. The first-order chi connectivity index (χ1) is 16.3. The number of urea groups is 1. The second-order valence-electron chi connectivity index (χ2n) is 9.01. The highest BCUT2D eigenvalue weighted by molar-refractivity contribution is 6.06. The van der Waals surface area contributed by atoms with Crippen LogP contribution in [-0.2, 0) is 21.7 Å². The lowest BCUT2D eigenvalue weighted by atomic mass is 9.77. The lowest BCUT2D eigenvalue weighted by molar-refractivity contribution is -0.127. The van der Waals surface area contributed by atoms with Crippen molar-refractivity contribution in [1.82, 2.24) is 10.2 Å². The van der Waals surface area contributed by atoms with Crippen LogP contribution in [0.4, 0.5) is 15.3 Å². The molecule has 1 unspecified atom stereocenters. The van der Waals surface area contributed by atoms with Crippen molar-refractivity contribution in [3.63, 3.8) is 0 Å². The highest BCUT2D eigenvalue weighted by atomic mass is 16.5. The van der Waals surface area contributed by atoms with Gasteiger partial charge in [0.2, 0.25) is 0 Å². The van der Waals surface area contributed by atoms with Crippen molar-refractivity contribution in [2.45, 2.75) is 38.8 Å². The molecule has 0 aliphatic carbocycles. The van der Waals surface area contributed by atoms with Crippen molar-refractivity contribution in [3.8, 4) is 0 Å². The lowest BCUT2D eigenvalue weighted by Gasteiger charge is -2.36. The van der Waals surface area contributed by atoms with E-state index in [1.807, 2.05) is 30.3 Å². The molecule has 34 heavy (non-hydrogen) atoms. The molecule has 2 aromatic carbocycles. The van der Waals surface area contributed by atoms with Crippen molar-refractivity contribution in [3.05, 3.63) is 76.9 Å². The summed E-state index contributed by atoms with van der Waals surface area (Å²) in [5.41, 5.74) is 2.55. The first-order valence-electron chi connectivity index (χ1n) is 11.4. The van der Waals surface area contributed by atoms with Gasteiger partial charge in [0, 0.05) is 18.8 Å². The molecule has 4 amide bonds. The van der Waals surface area contributed by atoms with Gasteiger partial charge in [-0.25, -0.2) is 9.59 Å². The molecule has 1 atom stereocenters. The van der Waals surface area contributed by atoms with Gasteiger partial charge in [0.1, 0.15) is 5.60 Å². The molecule has 2 aromatic rings. The fourth-order valence-electron chi connectivity index (χ4n) is 4.81. The third kappa shape index (κ3) is 4.54. The summed E-state index contributed by atoms with van der Waals surface area (Å²) in [5, 5.41) is 14.1. The van der Waals surface area contributed by atoms with Gasteiger partial charge in [-0.15, -0.1) is 0 Å². The van der Waals surface area contributed by atoms with E-state index >= 15 is 0 Å². The second-order valence-corrected chi connectivity index (χ2v) is 9.01. The van der Waals surface area contributed by atoms with Crippen LogP contribution in [0.1, 0.15) is 37.8 Å². The van der Waals surface area contributed by atoms with Crippen LogP contribution in [-0.4, -0.2) is 41.2 Å². The molecule has 8 nitrogen and oxygen atoms in total. The normalized spacial score (nSPS) is 19.9. The van der Waals surface area contributed by atoms with E-state index in [4.69, 9.17) is 9.84 Å². The van der Waals surface area contributed by atoms with Crippen molar-refractivity contribution in [2.75, 3.05) is 18.5 Å². The molecule has 0 bridgehead atoms. The number of carbonyl (C=O) groups excluding carboxylic acids is 2. The smallest absolute Gasteiger partial charge is 0.409 e. The van der Waals surface area contributed by atoms with E-state index in [-0.39, 0.29) is 24.9 Å². The molecule has 2 aliphatic rings. The molecule has 2 heterocycles. The lowest BCUT2D eigenvalue weighted by Crippen LogP contribution is -2.49. The van der Waals surface area contributed by atoms with Gasteiger partial charge < -0.3 is 15.2 Å². The quantitative estimate of drug-likeness (QED) is 0.585. The number of nitrogens with one attached hydrogen (secondary N) is 2. The molecule has 0 saturated heterocycles. The number of carbonyl (C=O) groups is 3. The van der Waals surface area contributed by atoms with Gasteiger partial charge in [-0.2, -0.15) is 0 Å². The zero-order chi connectivity index (χ0) is 24.3. The number of hydrogen-bond donors (Lipinski definition) is 3. The van der Waals surface area contributed by atoms with Gasteiger partial charge in [0.25, 0.3) is 5.91 Å². The van der Waals surface area contributed by atoms with Gasteiger partial charge in [0.05, 0.1) is 12.2 Å². The van der Waals surface area contributed by atoms with E-state index in [0.717, 1.165) is 11.1 Å². The predicted molar refractivity (Wildman–Crippen MR) is 127 cm³/mol. The van der Waals surface area contributed by atoms with Crippen LogP contribution < -0.4 is 10.6 Å². The number of amides is 4. The van der Waals surface area contributed by atoms with Crippen molar-refractivity contribution >= 4 is 23.7 Å². The molecule has 178 valence electrons. The van der Waals surface area contributed by atoms with Gasteiger partial charge in [-0.1, -0.05) is 62.4 Å². The van der Waals surface area contributed by atoms with E-state index < -0.39 is 17.7 Å². The van der Waals surface area contributed by atoms with Crippen LogP contribution >= 0.6 is 0 Å². The number of benzene rings is 2. The Morgan fingerprint density at radius 2 is 1.82 bits per heavy atom. The summed E-state index contributed by atoms with van der Waals surface area (Å²) in [5.74, 6) is -0.0694. The number of carboxylic acid groups (broad SMARTS) is 1. The first-order valence-corrected chi connectivity index (χ1v) is 11.4. The third-order valence-corrected chi connectivity index (χ3v) is 6.22. The van der Waals surface area contributed by atoms with Gasteiger partial charge in [-0.05, 0) is 41.5 Å². The number of nitrogens with zero attached hydrogens (tertiary/aromatic N) is 1. The maximum atomic E-state index is 13.7. The van der Waals surface area contributed by atoms with Crippen LogP contribution in [0.25, 0.3) is 0 Å². The number of para-hydroxylation sites is 1. The molecule has 0 aromatic heterocycles. The van der Waals surface area contributed by atoms with E-state index in [9.17, 15) is 14.4 Å². The molecular weight excluding hydrogens is 434 g/mol. The molecular formula is C26H29N3O5. The molecule has 4 rings (SSSR count). The van der Waals surface area contributed by atoms with E-state index in [2.05, 4.69) is 24.5 Å². The summed E-state index contributed by atoms with van der Waals surface area (Å²) in [4.78, 5) is 39.0. The number of hydrogen-bond acceptors (Lipinski definition) is 4. The van der Waals surface area contributed by atoms with Crippen molar-refractivity contribution in [1.29, 1.82) is 0 Å². The minimum atomic E-state index is -1.19. The first kappa shape index (κ1) is 23.5. The monoisotopic (exact) mass is 463 g/mol. The standard InChI is InChI=1S/C26H29N3O5/c1-17(2)14-26(20-9-4-3-5-10-20)22-19(16-34-26)12-13-29(23(22)30)24(31)27-15-18-8-6-7-11-21(18)28-25(32)33/h3-11,17,28H,12-16H2,1-2H3,(H,27,31)(H,32,33). The Kier molecular flexibility index (Phi) is 6.70. The zero-order valence-electron chi connectivity index (χ0n) is 19.3. The number of rotatable bonds is 6. The number of ether oxygens (including phenoxy) is 1. The van der Waals surface area contributed by atoms with Crippen molar-refractivity contribution < 1.29 is 24.2 Å². The fraction of sp³-hybridized carbons (Fsp3) is 0.346. The van der Waals surface area contributed by atoms with Crippen molar-refractivity contribution in [2.24, 2.45) is 5.92 Å². The minimum absolute atomic E-state index is 0.0806. The van der Waals surface area contributed by atoms with E-state index in [1.54, 1.807) is 24.3 Å². The molecule has 0 spiro atoms. The molecule has 0 saturated carbocycles. The maximum absolute atomic E-state index is 13.7. The van der Waals surface area contributed by atoms with Crippen LogP contribution in [0, 0.1) is 5.92 Å². The van der Waals surface area contributed by atoms with Gasteiger partial charge in [0.15, 0.2) is 0 Å². The largest absolute Gasteiger partial charge is 0.465 e. The van der Waals surface area contributed by atoms with E-state index in [1.165, 1.54) is 4.90 Å². The Labute approximate surface area is 198 Å². The van der Waals surface area contributed by atoms with Crippen LogP contribution in [0.15, 0.2) is 65.7 Å². The molecule has 0 radical (unpaired) electrons. The summed E-state index contributed by atoms with van der Waals surface area (Å²) in [7, 11) is 0. The summed E-state index contributed by atoms with van der Waals surface area (Å²) < 4.78 is 6.35. The molecule has 2 aliphatic heterocycles. The topological polar surface area (TPSA) is 108 Å². The fourth-order valence-corrected chi connectivity index (χ4v) is 4.81. The Bertz CT molecular complexity index is 1130. The molecule has 3 N–H and O–H groups in total. The predicted octanol–water partition coefficient (Wildman–Crippen LogP) is 4.49. The van der Waals surface area contributed by atoms with Gasteiger partial charge >= 0.3 is 12.1 Å². The Balaban J connectivity index is 1.56. The third-order valence-electron chi connectivity index (χ3n) is 6.22. The maximum Gasteiger partial charge on any atom is 0.409 e. The summed E-state index contributed by atoms with van der Waals surface area (Å²) >= 11 is 0. The zero-order valence-corrected chi connectivity index (χ0v) is 19.3. The SMILES string of the molecule is CC(C)CC1(c2ccccc2)OCC2=C1C(=O)N(C(=O)NCc1ccccc1NC(=O)O)CC2. The van der Waals surface area contributed by atoms with Gasteiger partial charge in [-0.3, -0.25) is 15.0 Å². The van der Waals surface area contributed by atoms with Crippen LogP contribution in [0.5, 0.6) is 0 Å². The minimum Gasteiger partial charge on any atom is -0.465 e. The number of imide groups is 1. The average molecular weight is 464 g/mol. The second kappa shape index (κ2) is 9.69. The van der Waals surface area contributed by atoms with Crippen LogP contribution in [0.3, 0.4) is 0 Å². The highest BCUT2D eigenvalue weighted by Crippen LogP contribution is 2.48.